The molecule has 0 unspecified atom stereocenters. The maximum absolute atomic E-state index is 12.0. The standard InChI is InChI=1S/C13H8ClN3O2/c14-8-3-1-4-9-11(8)12(18)13(19)17(9)7-10-15-5-2-6-16-10/h1-6H,7H2. The minimum atomic E-state index is -0.601. The van der Waals surface area contributed by atoms with E-state index in [1.165, 1.54) is 4.90 Å². The summed E-state index contributed by atoms with van der Waals surface area (Å²) < 4.78 is 0. The maximum Gasteiger partial charge on any atom is 0.299 e. The first-order valence-electron chi connectivity index (χ1n) is 5.59. The average molecular weight is 274 g/mol. The van der Waals surface area contributed by atoms with Crippen molar-refractivity contribution in [1.29, 1.82) is 0 Å². The minimum absolute atomic E-state index is 0.152. The summed E-state index contributed by atoms with van der Waals surface area (Å²) >= 11 is 5.97. The van der Waals surface area contributed by atoms with Crippen molar-refractivity contribution in [2.24, 2.45) is 0 Å². The number of aromatic nitrogens is 2. The van der Waals surface area contributed by atoms with Gasteiger partial charge in [0, 0.05) is 12.4 Å². The lowest BCUT2D eigenvalue weighted by Crippen LogP contribution is -2.29. The van der Waals surface area contributed by atoms with E-state index in [2.05, 4.69) is 9.97 Å². The number of hydrogen-bond donors (Lipinski definition) is 0. The number of fused-ring (bicyclic) bond motifs is 1. The fourth-order valence-electron chi connectivity index (χ4n) is 2.01. The molecule has 1 aliphatic heterocycles. The van der Waals surface area contributed by atoms with Crippen molar-refractivity contribution in [2.45, 2.75) is 6.54 Å². The Morgan fingerprint density at radius 2 is 1.84 bits per heavy atom. The van der Waals surface area contributed by atoms with Crippen molar-refractivity contribution < 1.29 is 9.59 Å². The summed E-state index contributed by atoms with van der Waals surface area (Å²) in [6, 6.07) is 6.66. The molecule has 3 rings (SSSR count). The number of carbonyl (C=O) groups is 2. The molecular weight excluding hydrogens is 266 g/mol. The van der Waals surface area contributed by atoms with Gasteiger partial charge in [-0.25, -0.2) is 9.97 Å². The van der Waals surface area contributed by atoms with Crippen LogP contribution in [0, 0.1) is 0 Å². The molecule has 94 valence electrons. The van der Waals surface area contributed by atoms with E-state index in [9.17, 15) is 9.59 Å². The molecule has 0 fully saturated rings. The van der Waals surface area contributed by atoms with Gasteiger partial charge in [-0.05, 0) is 18.2 Å². The normalized spacial score (nSPS) is 13.8. The maximum atomic E-state index is 12.0. The SMILES string of the molecule is O=C1C(=O)N(Cc2ncccn2)c2cccc(Cl)c21. The van der Waals surface area contributed by atoms with Crippen LogP contribution in [-0.4, -0.2) is 21.7 Å². The van der Waals surface area contributed by atoms with E-state index in [1.807, 2.05) is 0 Å². The third kappa shape index (κ3) is 1.88. The smallest absolute Gasteiger partial charge is 0.297 e. The number of nitrogens with zero attached hydrogens (tertiary/aromatic N) is 3. The van der Waals surface area contributed by atoms with Gasteiger partial charge in [0.25, 0.3) is 11.7 Å². The number of ketones is 1. The van der Waals surface area contributed by atoms with Crippen molar-refractivity contribution in [2.75, 3.05) is 4.90 Å². The quantitative estimate of drug-likeness (QED) is 0.784. The molecule has 1 amide bonds. The summed E-state index contributed by atoms with van der Waals surface area (Å²) in [6.07, 6.45) is 3.17. The Kier molecular flexibility index (Phi) is 2.76. The van der Waals surface area contributed by atoms with Gasteiger partial charge < -0.3 is 0 Å². The van der Waals surface area contributed by atoms with Gasteiger partial charge in [-0.2, -0.15) is 0 Å². The van der Waals surface area contributed by atoms with E-state index < -0.39 is 11.7 Å². The highest BCUT2D eigenvalue weighted by molar-refractivity contribution is 6.55. The molecule has 0 aliphatic carbocycles. The second kappa shape index (κ2) is 4.44. The zero-order valence-electron chi connectivity index (χ0n) is 9.71. The first-order valence-corrected chi connectivity index (χ1v) is 5.97. The fourth-order valence-corrected chi connectivity index (χ4v) is 2.27. The van der Waals surface area contributed by atoms with E-state index in [1.54, 1.807) is 36.7 Å². The number of hydrogen-bond acceptors (Lipinski definition) is 4. The van der Waals surface area contributed by atoms with Crippen molar-refractivity contribution in [3.63, 3.8) is 0 Å². The van der Waals surface area contributed by atoms with Crippen molar-refractivity contribution in [1.82, 2.24) is 9.97 Å². The zero-order valence-corrected chi connectivity index (χ0v) is 10.5. The van der Waals surface area contributed by atoms with Crippen LogP contribution < -0.4 is 4.90 Å². The summed E-state index contributed by atoms with van der Waals surface area (Å²) in [5.74, 6) is -0.719. The van der Waals surface area contributed by atoms with Gasteiger partial charge in [0.1, 0.15) is 5.82 Å². The lowest BCUT2D eigenvalue weighted by atomic mass is 10.1. The second-order valence-electron chi connectivity index (χ2n) is 4.02. The Balaban J connectivity index is 2.03. The second-order valence-corrected chi connectivity index (χ2v) is 4.43. The summed E-state index contributed by atoms with van der Waals surface area (Å²) in [5, 5.41) is 0.285. The molecule has 6 heteroatoms. The monoisotopic (exact) mass is 273 g/mol. The molecule has 0 spiro atoms. The Hall–Kier alpha value is -2.27. The fraction of sp³-hybridized carbons (Fsp3) is 0.0769. The molecule has 1 aromatic carbocycles. The Morgan fingerprint density at radius 3 is 2.58 bits per heavy atom. The molecule has 0 bridgehead atoms. The van der Waals surface area contributed by atoms with Crippen LogP contribution in [0.1, 0.15) is 16.2 Å². The van der Waals surface area contributed by atoms with E-state index >= 15 is 0 Å². The first kappa shape index (κ1) is 11.8. The Labute approximate surface area is 113 Å². The van der Waals surface area contributed by atoms with Crippen LogP contribution in [0.15, 0.2) is 36.7 Å². The largest absolute Gasteiger partial charge is 0.299 e. The summed E-state index contributed by atoms with van der Waals surface area (Å²) in [5.41, 5.74) is 0.764. The van der Waals surface area contributed by atoms with Gasteiger partial charge in [0.15, 0.2) is 0 Å². The van der Waals surface area contributed by atoms with Crippen molar-refractivity contribution in [3.05, 3.63) is 53.1 Å². The molecule has 1 aliphatic rings. The van der Waals surface area contributed by atoms with Crippen LogP contribution >= 0.6 is 11.6 Å². The molecule has 0 saturated carbocycles. The van der Waals surface area contributed by atoms with E-state index in [-0.39, 0.29) is 17.1 Å². The number of benzene rings is 1. The van der Waals surface area contributed by atoms with Crippen molar-refractivity contribution >= 4 is 29.0 Å². The van der Waals surface area contributed by atoms with Crippen LogP contribution in [-0.2, 0) is 11.3 Å². The minimum Gasteiger partial charge on any atom is -0.297 e. The van der Waals surface area contributed by atoms with Gasteiger partial charge in [0.2, 0.25) is 0 Å². The van der Waals surface area contributed by atoms with E-state index in [0.717, 1.165) is 0 Å². The number of rotatable bonds is 2. The molecule has 0 atom stereocenters. The topological polar surface area (TPSA) is 63.2 Å². The third-order valence-corrected chi connectivity index (χ3v) is 3.18. The zero-order chi connectivity index (χ0) is 13.4. The summed E-state index contributed by atoms with van der Waals surface area (Å²) in [7, 11) is 0. The summed E-state index contributed by atoms with van der Waals surface area (Å²) in [6.45, 7) is 0.152. The predicted octanol–water partition coefficient (Wildman–Crippen LogP) is 1.86. The van der Waals surface area contributed by atoms with Gasteiger partial charge in [0.05, 0.1) is 22.8 Å². The molecule has 2 aromatic rings. The van der Waals surface area contributed by atoms with Crippen LogP contribution in [0.25, 0.3) is 0 Å². The van der Waals surface area contributed by atoms with Crippen LogP contribution in [0.3, 0.4) is 0 Å². The number of carbonyl (C=O) groups excluding carboxylic acids is 2. The lowest BCUT2D eigenvalue weighted by Gasteiger charge is -2.15. The number of Topliss-reactive ketones (excluding diaryl/α,β-unsaturated/α-hetero) is 1. The molecule has 0 saturated heterocycles. The van der Waals surface area contributed by atoms with Crippen LogP contribution in [0.4, 0.5) is 5.69 Å². The number of amides is 1. The van der Waals surface area contributed by atoms with Gasteiger partial charge in [-0.15, -0.1) is 0 Å². The third-order valence-electron chi connectivity index (χ3n) is 2.87. The molecule has 0 radical (unpaired) electrons. The molecule has 0 N–H and O–H groups in total. The molecule has 19 heavy (non-hydrogen) atoms. The molecular formula is C13H8ClN3O2. The van der Waals surface area contributed by atoms with Crippen molar-refractivity contribution in [3.8, 4) is 0 Å². The highest BCUT2D eigenvalue weighted by Gasteiger charge is 2.37. The van der Waals surface area contributed by atoms with Gasteiger partial charge in [-0.3, -0.25) is 14.5 Å². The van der Waals surface area contributed by atoms with Crippen LogP contribution in [0.5, 0.6) is 0 Å². The Morgan fingerprint density at radius 1 is 1.11 bits per heavy atom. The highest BCUT2D eigenvalue weighted by atomic mass is 35.5. The van der Waals surface area contributed by atoms with Gasteiger partial charge in [-0.1, -0.05) is 17.7 Å². The highest BCUT2D eigenvalue weighted by Crippen LogP contribution is 2.34. The molecule has 1 aromatic heterocycles. The van der Waals surface area contributed by atoms with E-state index in [4.69, 9.17) is 11.6 Å². The number of halogens is 1. The lowest BCUT2D eigenvalue weighted by molar-refractivity contribution is -0.114. The molecule has 2 heterocycles. The van der Waals surface area contributed by atoms with E-state index in [0.29, 0.717) is 11.5 Å². The summed E-state index contributed by atoms with van der Waals surface area (Å²) in [4.78, 5) is 33.3. The van der Waals surface area contributed by atoms with Gasteiger partial charge >= 0.3 is 0 Å². The van der Waals surface area contributed by atoms with Crippen LogP contribution in [0.2, 0.25) is 5.02 Å². The first-order chi connectivity index (χ1) is 9.18. The predicted molar refractivity (Wildman–Crippen MR) is 69.0 cm³/mol. The number of anilines is 1. The molecule has 5 nitrogen and oxygen atoms in total. The average Bonchev–Trinajstić information content (AvgIpc) is 2.66. The Bertz CT molecular complexity index is 673.